The average Bonchev–Trinajstić information content (AvgIpc) is 3.22. The smallest absolute Gasteiger partial charge is 0.266 e. The second-order valence-corrected chi connectivity index (χ2v) is 7.38. The number of imide groups is 1. The lowest BCUT2D eigenvalue weighted by atomic mass is 9.93. The summed E-state index contributed by atoms with van der Waals surface area (Å²) in [6, 6.07) is 15.4. The number of carbonyl (C=O) groups is 2. The minimum atomic E-state index is -0.594. The first-order chi connectivity index (χ1) is 13.6. The summed E-state index contributed by atoms with van der Waals surface area (Å²) in [7, 11) is 0. The van der Waals surface area contributed by atoms with Gasteiger partial charge in [-0.05, 0) is 36.0 Å². The van der Waals surface area contributed by atoms with E-state index in [0.717, 1.165) is 27.1 Å². The molecule has 0 radical (unpaired) electrons. The molecule has 3 heterocycles. The number of nitrogens with zero attached hydrogens (tertiary/aromatic N) is 2. The van der Waals surface area contributed by atoms with Crippen molar-refractivity contribution in [3.63, 3.8) is 0 Å². The van der Waals surface area contributed by atoms with Gasteiger partial charge in [0.05, 0.1) is 12.6 Å². The largest absolute Gasteiger partial charge is 0.394 e. The van der Waals surface area contributed by atoms with Gasteiger partial charge in [0.15, 0.2) is 5.11 Å². The van der Waals surface area contributed by atoms with E-state index in [1.54, 1.807) is 29.2 Å². The van der Waals surface area contributed by atoms with Gasteiger partial charge in [0, 0.05) is 28.6 Å². The summed E-state index contributed by atoms with van der Waals surface area (Å²) in [4.78, 5) is 32.3. The predicted molar refractivity (Wildman–Crippen MR) is 108 cm³/mol. The van der Waals surface area contributed by atoms with E-state index in [9.17, 15) is 14.7 Å². The number of hydrogen-bond donors (Lipinski definition) is 2. The molecule has 0 bridgehead atoms. The summed E-state index contributed by atoms with van der Waals surface area (Å²) in [5, 5.41) is 11.3. The number of aliphatic hydroxyl groups excluding tert-OH is 1. The van der Waals surface area contributed by atoms with Crippen LogP contribution in [0.5, 0.6) is 0 Å². The molecule has 2 atom stereocenters. The fourth-order valence-corrected chi connectivity index (χ4v) is 4.71. The lowest BCUT2D eigenvalue weighted by Crippen LogP contribution is -2.45. The highest BCUT2D eigenvalue weighted by Crippen LogP contribution is 2.41. The molecule has 28 heavy (non-hydrogen) atoms. The average molecular weight is 391 g/mol. The quantitative estimate of drug-likeness (QED) is 0.518. The van der Waals surface area contributed by atoms with Crippen LogP contribution in [0.15, 0.2) is 54.6 Å². The molecule has 2 aliphatic rings. The van der Waals surface area contributed by atoms with Gasteiger partial charge in [0.1, 0.15) is 6.04 Å². The number of fused-ring (bicyclic) bond motifs is 4. The van der Waals surface area contributed by atoms with E-state index in [0.29, 0.717) is 12.0 Å². The van der Waals surface area contributed by atoms with Crippen LogP contribution < -0.4 is 0 Å². The highest BCUT2D eigenvalue weighted by Gasteiger charge is 2.51. The number of aliphatic hydroxyl groups is 1. The summed E-state index contributed by atoms with van der Waals surface area (Å²) in [6.45, 7) is -0.211. The van der Waals surface area contributed by atoms with Crippen molar-refractivity contribution in [2.45, 2.75) is 18.5 Å². The number of carbonyl (C=O) groups excluding carboxylic acids is 2. The first-order valence-electron chi connectivity index (χ1n) is 9.07. The van der Waals surface area contributed by atoms with Gasteiger partial charge in [-0.3, -0.25) is 9.59 Å². The Morgan fingerprint density at radius 2 is 1.86 bits per heavy atom. The second-order valence-electron chi connectivity index (χ2n) is 7.02. The maximum Gasteiger partial charge on any atom is 0.266 e. The predicted octanol–water partition coefficient (Wildman–Crippen LogP) is 2.40. The van der Waals surface area contributed by atoms with Gasteiger partial charge in [-0.25, -0.2) is 4.90 Å². The Labute approximate surface area is 166 Å². The minimum absolute atomic E-state index is 0.146. The van der Waals surface area contributed by atoms with Gasteiger partial charge < -0.3 is 15.0 Å². The molecule has 5 rings (SSSR count). The van der Waals surface area contributed by atoms with Crippen LogP contribution in [-0.2, 0) is 11.2 Å². The summed E-state index contributed by atoms with van der Waals surface area (Å²) >= 11 is 5.53. The number of nitrogens with one attached hydrogen (secondary N) is 1. The summed E-state index contributed by atoms with van der Waals surface area (Å²) in [5.41, 5.74) is 3.22. The number of amides is 2. The van der Waals surface area contributed by atoms with Gasteiger partial charge in [0.2, 0.25) is 0 Å². The van der Waals surface area contributed by atoms with Crippen LogP contribution in [0, 0.1) is 0 Å². The van der Waals surface area contributed by atoms with Crippen LogP contribution in [-0.4, -0.2) is 49.5 Å². The molecule has 0 saturated carbocycles. The molecule has 1 saturated heterocycles. The molecule has 2 aliphatic heterocycles. The monoisotopic (exact) mass is 391 g/mol. The highest BCUT2D eigenvalue weighted by molar-refractivity contribution is 7.80. The maximum atomic E-state index is 13.2. The Kier molecular flexibility index (Phi) is 3.82. The third kappa shape index (κ3) is 2.26. The number of benzene rings is 2. The normalized spacial score (nSPS) is 21.2. The lowest BCUT2D eigenvalue weighted by molar-refractivity contribution is -0.127. The van der Waals surface area contributed by atoms with E-state index in [2.05, 4.69) is 4.98 Å². The fourth-order valence-electron chi connectivity index (χ4n) is 4.28. The van der Waals surface area contributed by atoms with Crippen molar-refractivity contribution in [2.75, 3.05) is 6.61 Å². The molecule has 0 spiro atoms. The molecule has 1 fully saturated rings. The molecule has 2 N–H and O–H groups in total. The molecule has 1 aromatic heterocycles. The first kappa shape index (κ1) is 17.1. The molecule has 7 heteroatoms. The van der Waals surface area contributed by atoms with Crippen molar-refractivity contribution in [2.24, 2.45) is 0 Å². The van der Waals surface area contributed by atoms with E-state index >= 15 is 0 Å². The zero-order valence-corrected chi connectivity index (χ0v) is 15.6. The maximum absolute atomic E-state index is 13.2. The molecular weight excluding hydrogens is 374 g/mol. The van der Waals surface area contributed by atoms with Crippen molar-refractivity contribution >= 4 is 40.0 Å². The number of aromatic amines is 1. The highest BCUT2D eigenvalue weighted by atomic mass is 32.1. The van der Waals surface area contributed by atoms with Gasteiger partial charge in [0.25, 0.3) is 11.8 Å². The molecular formula is C21H17N3O3S. The van der Waals surface area contributed by atoms with E-state index in [1.807, 2.05) is 30.3 Å². The Bertz CT molecular complexity index is 1120. The summed E-state index contributed by atoms with van der Waals surface area (Å²) in [5.74, 6) is -0.775. The summed E-state index contributed by atoms with van der Waals surface area (Å²) in [6.07, 6.45) is 0.438. The number of hydrogen-bond acceptors (Lipinski definition) is 4. The van der Waals surface area contributed by atoms with Crippen LogP contribution in [0.3, 0.4) is 0 Å². The molecule has 2 unspecified atom stereocenters. The molecule has 3 aromatic rings. The van der Waals surface area contributed by atoms with Crippen molar-refractivity contribution in [3.05, 3.63) is 71.4 Å². The van der Waals surface area contributed by atoms with E-state index in [-0.39, 0.29) is 17.6 Å². The molecule has 0 aliphatic carbocycles. The van der Waals surface area contributed by atoms with Crippen molar-refractivity contribution in [3.8, 4) is 0 Å². The molecule has 2 amide bonds. The number of para-hydroxylation sites is 1. The number of thiocarbonyl (C=S) groups is 1. The van der Waals surface area contributed by atoms with Crippen molar-refractivity contribution < 1.29 is 14.7 Å². The Morgan fingerprint density at radius 3 is 2.61 bits per heavy atom. The first-order valence-corrected chi connectivity index (χ1v) is 9.48. The zero-order chi connectivity index (χ0) is 19.4. The molecule has 6 nitrogen and oxygen atoms in total. The minimum Gasteiger partial charge on any atom is -0.394 e. The third-order valence-corrected chi connectivity index (χ3v) is 5.96. The Hall–Kier alpha value is -3.03. The fraction of sp³-hybridized carbons (Fsp3) is 0.190. The summed E-state index contributed by atoms with van der Waals surface area (Å²) < 4.78 is 0. The second kappa shape index (κ2) is 6.25. The van der Waals surface area contributed by atoms with E-state index in [4.69, 9.17) is 12.2 Å². The SMILES string of the molecule is O=C(c1ccccc1)N1C(=O)C2Cc3c([nH]c4ccccc34)C(CO)N2C1=S. The topological polar surface area (TPSA) is 76.6 Å². The van der Waals surface area contributed by atoms with Crippen LogP contribution in [0.25, 0.3) is 10.9 Å². The standard InChI is InChI=1S/C21H17N3O3S/c25-11-17-18-14(13-8-4-5-9-15(13)22-18)10-16-20(27)24(21(28)23(16)17)19(26)12-6-2-1-3-7-12/h1-9,16-17,22,25H,10-11H2. The lowest BCUT2D eigenvalue weighted by Gasteiger charge is -2.35. The van der Waals surface area contributed by atoms with Gasteiger partial charge in [-0.15, -0.1) is 0 Å². The zero-order valence-electron chi connectivity index (χ0n) is 14.8. The van der Waals surface area contributed by atoms with Crippen LogP contribution >= 0.6 is 12.2 Å². The van der Waals surface area contributed by atoms with Crippen LogP contribution in [0.4, 0.5) is 0 Å². The van der Waals surface area contributed by atoms with Crippen LogP contribution in [0.2, 0.25) is 0 Å². The number of H-pyrrole nitrogens is 1. The van der Waals surface area contributed by atoms with Gasteiger partial charge in [-0.2, -0.15) is 0 Å². The molecule has 2 aromatic carbocycles. The Morgan fingerprint density at radius 1 is 1.14 bits per heavy atom. The number of aromatic nitrogens is 1. The van der Waals surface area contributed by atoms with E-state index in [1.165, 1.54) is 0 Å². The Balaban J connectivity index is 1.59. The number of rotatable bonds is 2. The third-order valence-electron chi connectivity index (χ3n) is 5.56. The van der Waals surface area contributed by atoms with Crippen molar-refractivity contribution in [1.29, 1.82) is 0 Å². The van der Waals surface area contributed by atoms with Gasteiger partial charge >= 0.3 is 0 Å². The van der Waals surface area contributed by atoms with Gasteiger partial charge in [-0.1, -0.05) is 36.4 Å². The van der Waals surface area contributed by atoms with E-state index < -0.39 is 18.0 Å². The molecule has 140 valence electrons. The van der Waals surface area contributed by atoms with Crippen LogP contribution in [0.1, 0.15) is 27.7 Å². The van der Waals surface area contributed by atoms with Crippen molar-refractivity contribution in [1.82, 2.24) is 14.8 Å².